The molecular weight excluding hydrogens is 196 g/mol. The molecule has 0 bridgehead atoms. The Hall–Kier alpha value is -0.450. The first-order valence-electron chi connectivity index (χ1n) is 4.84. The van der Waals surface area contributed by atoms with Crippen molar-refractivity contribution in [3.05, 3.63) is 16.1 Å². The molecule has 1 atom stereocenters. The van der Waals surface area contributed by atoms with Crippen LogP contribution in [0.25, 0.3) is 0 Å². The van der Waals surface area contributed by atoms with Gasteiger partial charge in [0.15, 0.2) is 0 Å². The maximum Gasteiger partial charge on any atom is 0.0940 e. The average Bonchev–Trinajstić information content (AvgIpc) is 2.47. The molecule has 1 rings (SSSR count). The van der Waals surface area contributed by atoms with E-state index < -0.39 is 0 Å². The fourth-order valence-electron chi connectivity index (χ4n) is 1.17. The van der Waals surface area contributed by atoms with E-state index >= 15 is 0 Å². The van der Waals surface area contributed by atoms with E-state index in [1.807, 2.05) is 6.20 Å². The van der Waals surface area contributed by atoms with Gasteiger partial charge in [-0.15, -0.1) is 11.3 Å². The third kappa shape index (κ3) is 4.17. The molecule has 0 aromatic carbocycles. The Morgan fingerprint density at radius 2 is 2.29 bits per heavy atom. The third-order valence-corrected chi connectivity index (χ3v) is 2.95. The van der Waals surface area contributed by atoms with Crippen LogP contribution in [-0.4, -0.2) is 41.7 Å². The quantitative estimate of drug-likeness (QED) is 0.799. The highest BCUT2D eigenvalue weighted by Gasteiger charge is 2.04. The summed E-state index contributed by atoms with van der Waals surface area (Å²) in [4.78, 5) is 7.65. The van der Waals surface area contributed by atoms with Gasteiger partial charge in [0.25, 0.3) is 0 Å². The minimum Gasteiger partial charge on any atom is -0.393 e. The van der Waals surface area contributed by atoms with E-state index in [0.29, 0.717) is 0 Å². The standard InChI is InChI=1S/C10H18N2OS/c1-8(13)6-9-7-11-10(14-9)4-5-12(2)3/h7-8,13H,4-6H2,1-3H3. The predicted molar refractivity (Wildman–Crippen MR) is 59.8 cm³/mol. The molecular formula is C10H18N2OS. The van der Waals surface area contributed by atoms with Crippen LogP contribution in [0.1, 0.15) is 16.8 Å². The summed E-state index contributed by atoms with van der Waals surface area (Å²) in [5, 5.41) is 10.4. The molecule has 14 heavy (non-hydrogen) atoms. The zero-order valence-corrected chi connectivity index (χ0v) is 9.84. The minimum absolute atomic E-state index is 0.267. The number of nitrogens with zero attached hydrogens (tertiary/aromatic N) is 2. The van der Waals surface area contributed by atoms with E-state index in [9.17, 15) is 5.11 Å². The summed E-state index contributed by atoms with van der Waals surface area (Å²) in [6.45, 7) is 2.83. The van der Waals surface area contributed by atoms with Crippen LogP contribution in [0, 0.1) is 0 Å². The lowest BCUT2D eigenvalue weighted by Crippen LogP contribution is -2.14. The molecule has 0 saturated heterocycles. The number of rotatable bonds is 5. The molecule has 0 amide bonds. The molecule has 1 heterocycles. The zero-order valence-electron chi connectivity index (χ0n) is 9.03. The van der Waals surface area contributed by atoms with Crippen molar-refractivity contribution >= 4 is 11.3 Å². The Kier molecular flexibility index (Phi) is 4.51. The number of aromatic nitrogens is 1. The van der Waals surface area contributed by atoms with E-state index in [1.165, 1.54) is 4.88 Å². The topological polar surface area (TPSA) is 36.4 Å². The summed E-state index contributed by atoms with van der Waals surface area (Å²) in [6, 6.07) is 0. The van der Waals surface area contributed by atoms with Crippen LogP contribution in [0.15, 0.2) is 6.20 Å². The highest BCUT2D eigenvalue weighted by molar-refractivity contribution is 7.11. The van der Waals surface area contributed by atoms with Gasteiger partial charge in [-0.25, -0.2) is 4.98 Å². The Bertz CT molecular complexity index is 271. The molecule has 1 N–H and O–H groups in total. The third-order valence-electron chi connectivity index (χ3n) is 1.87. The second-order valence-corrected chi connectivity index (χ2v) is 5.03. The van der Waals surface area contributed by atoms with Gasteiger partial charge in [0.1, 0.15) is 0 Å². The van der Waals surface area contributed by atoms with Crippen molar-refractivity contribution in [2.45, 2.75) is 25.9 Å². The van der Waals surface area contributed by atoms with Crippen molar-refractivity contribution in [2.75, 3.05) is 20.6 Å². The highest BCUT2D eigenvalue weighted by Crippen LogP contribution is 2.15. The van der Waals surface area contributed by atoms with Crippen LogP contribution in [0.3, 0.4) is 0 Å². The molecule has 1 aromatic rings. The van der Waals surface area contributed by atoms with Gasteiger partial charge in [0.2, 0.25) is 0 Å². The number of thiazole rings is 1. The van der Waals surface area contributed by atoms with Crippen LogP contribution >= 0.6 is 11.3 Å². The van der Waals surface area contributed by atoms with Crippen LogP contribution in [0.2, 0.25) is 0 Å². The number of hydrogen-bond acceptors (Lipinski definition) is 4. The fourth-order valence-corrected chi connectivity index (χ4v) is 2.20. The zero-order chi connectivity index (χ0) is 10.6. The van der Waals surface area contributed by atoms with Crippen LogP contribution < -0.4 is 0 Å². The molecule has 0 aliphatic rings. The minimum atomic E-state index is -0.267. The van der Waals surface area contributed by atoms with Gasteiger partial charge in [-0.05, 0) is 21.0 Å². The first-order valence-corrected chi connectivity index (χ1v) is 5.66. The van der Waals surface area contributed by atoms with Crippen molar-refractivity contribution in [3.8, 4) is 0 Å². The van der Waals surface area contributed by atoms with Crippen LogP contribution in [0.4, 0.5) is 0 Å². The summed E-state index contributed by atoms with van der Waals surface area (Å²) in [6.07, 6.45) is 3.33. The Morgan fingerprint density at radius 3 is 2.86 bits per heavy atom. The van der Waals surface area contributed by atoms with Crippen LogP contribution in [-0.2, 0) is 12.8 Å². The first-order chi connectivity index (χ1) is 6.58. The summed E-state index contributed by atoms with van der Waals surface area (Å²) in [5.74, 6) is 0. The molecule has 3 nitrogen and oxygen atoms in total. The Morgan fingerprint density at radius 1 is 1.57 bits per heavy atom. The van der Waals surface area contributed by atoms with E-state index in [0.717, 1.165) is 24.4 Å². The second-order valence-electron chi connectivity index (χ2n) is 3.83. The number of likely N-dealkylation sites (N-methyl/N-ethyl adjacent to an activating group) is 1. The Balaban J connectivity index is 2.42. The van der Waals surface area contributed by atoms with Gasteiger partial charge in [0, 0.05) is 30.5 Å². The molecule has 0 aliphatic heterocycles. The maximum absolute atomic E-state index is 9.20. The monoisotopic (exact) mass is 214 g/mol. The first kappa shape index (κ1) is 11.6. The van der Waals surface area contributed by atoms with Crippen molar-refractivity contribution in [1.82, 2.24) is 9.88 Å². The lowest BCUT2D eigenvalue weighted by atomic mass is 10.3. The van der Waals surface area contributed by atoms with Gasteiger partial charge in [-0.1, -0.05) is 0 Å². The van der Waals surface area contributed by atoms with Crippen molar-refractivity contribution in [2.24, 2.45) is 0 Å². The lowest BCUT2D eigenvalue weighted by Gasteiger charge is -2.06. The van der Waals surface area contributed by atoms with Crippen molar-refractivity contribution in [3.63, 3.8) is 0 Å². The highest BCUT2D eigenvalue weighted by atomic mass is 32.1. The summed E-state index contributed by atoms with van der Waals surface area (Å²) >= 11 is 1.71. The van der Waals surface area contributed by atoms with E-state index in [4.69, 9.17) is 0 Å². The van der Waals surface area contributed by atoms with E-state index in [-0.39, 0.29) is 6.10 Å². The molecule has 0 saturated carbocycles. The largest absolute Gasteiger partial charge is 0.393 e. The van der Waals surface area contributed by atoms with Crippen molar-refractivity contribution in [1.29, 1.82) is 0 Å². The molecule has 4 heteroatoms. The normalized spacial score (nSPS) is 13.5. The Labute approximate surface area is 89.4 Å². The maximum atomic E-state index is 9.20. The fraction of sp³-hybridized carbons (Fsp3) is 0.700. The molecule has 0 fully saturated rings. The van der Waals surface area contributed by atoms with E-state index in [2.05, 4.69) is 24.0 Å². The van der Waals surface area contributed by atoms with Crippen LogP contribution in [0.5, 0.6) is 0 Å². The summed E-state index contributed by atoms with van der Waals surface area (Å²) in [7, 11) is 4.12. The predicted octanol–water partition coefficient (Wildman–Crippen LogP) is 1.17. The van der Waals surface area contributed by atoms with Gasteiger partial charge in [-0.3, -0.25) is 0 Å². The van der Waals surface area contributed by atoms with Gasteiger partial charge in [-0.2, -0.15) is 0 Å². The number of aliphatic hydroxyl groups is 1. The number of hydrogen-bond donors (Lipinski definition) is 1. The average molecular weight is 214 g/mol. The molecule has 1 unspecified atom stereocenters. The van der Waals surface area contributed by atoms with Crippen molar-refractivity contribution < 1.29 is 5.11 Å². The molecule has 0 aliphatic carbocycles. The van der Waals surface area contributed by atoms with Gasteiger partial charge in [0.05, 0.1) is 11.1 Å². The second kappa shape index (κ2) is 5.44. The van der Waals surface area contributed by atoms with Gasteiger partial charge < -0.3 is 10.0 Å². The van der Waals surface area contributed by atoms with Gasteiger partial charge >= 0.3 is 0 Å². The molecule has 1 aromatic heterocycles. The van der Waals surface area contributed by atoms with E-state index in [1.54, 1.807) is 18.3 Å². The summed E-state index contributed by atoms with van der Waals surface area (Å²) < 4.78 is 0. The lowest BCUT2D eigenvalue weighted by molar-refractivity contribution is 0.196. The number of aliphatic hydroxyl groups excluding tert-OH is 1. The molecule has 0 radical (unpaired) electrons. The smallest absolute Gasteiger partial charge is 0.0940 e. The SMILES string of the molecule is CC(O)Cc1cnc(CCN(C)C)s1. The summed E-state index contributed by atoms with van der Waals surface area (Å²) in [5.41, 5.74) is 0. The molecule has 80 valence electrons. The molecule has 0 spiro atoms.